The van der Waals surface area contributed by atoms with E-state index in [0.717, 1.165) is 0 Å². The molecule has 1 aliphatic carbocycles. The van der Waals surface area contributed by atoms with Crippen LogP contribution in [0.5, 0.6) is 0 Å². The maximum Gasteiger partial charge on any atom is 0.0713 e. The van der Waals surface area contributed by atoms with E-state index in [0.29, 0.717) is 25.2 Å². The Morgan fingerprint density at radius 2 is 2.11 bits per heavy atom. The third-order valence-corrected chi connectivity index (χ3v) is 4.26. The molecule has 0 radical (unpaired) electrons. The van der Waals surface area contributed by atoms with Crippen LogP contribution in [-0.4, -0.2) is 31.6 Å². The van der Waals surface area contributed by atoms with Crippen molar-refractivity contribution in [2.75, 3.05) is 20.7 Å². The maximum atomic E-state index is 6.02. The zero-order valence-electron chi connectivity index (χ0n) is 12.1. The molecule has 0 spiro atoms. The summed E-state index contributed by atoms with van der Waals surface area (Å²) >= 11 is 0. The van der Waals surface area contributed by atoms with Gasteiger partial charge in [-0.15, -0.1) is 0 Å². The van der Waals surface area contributed by atoms with Gasteiger partial charge in [0.15, 0.2) is 0 Å². The summed E-state index contributed by atoms with van der Waals surface area (Å²) in [4.78, 5) is 2.47. The first-order valence-corrected chi connectivity index (χ1v) is 7.26. The topological polar surface area (TPSA) is 38.5 Å². The first kappa shape index (κ1) is 14.5. The second kappa shape index (κ2) is 7.04. The van der Waals surface area contributed by atoms with Gasteiger partial charge >= 0.3 is 0 Å². The fourth-order valence-electron chi connectivity index (χ4n) is 3.16. The number of nitrogens with two attached hydrogens (primary N) is 1. The molecule has 1 atom stereocenters. The number of rotatable bonds is 6. The van der Waals surface area contributed by atoms with Crippen molar-refractivity contribution in [3.8, 4) is 0 Å². The minimum atomic E-state index is 0.319. The second-order valence-corrected chi connectivity index (χ2v) is 5.53. The summed E-state index contributed by atoms with van der Waals surface area (Å²) in [5, 5.41) is 0. The largest absolute Gasteiger partial charge is 0.380 e. The first-order chi connectivity index (χ1) is 9.26. The Labute approximate surface area is 116 Å². The van der Waals surface area contributed by atoms with E-state index in [9.17, 15) is 0 Å². The van der Waals surface area contributed by atoms with Crippen LogP contribution in [0.25, 0.3) is 0 Å². The Bertz CT molecular complexity index is 388. The van der Waals surface area contributed by atoms with E-state index in [1.807, 2.05) is 0 Å². The summed E-state index contributed by atoms with van der Waals surface area (Å²) in [5.74, 6) is 0. The Hall–Kier alpha value is -0.900. The van der Waals surface area contributed by atoms with E-state index in [-0.39, 0.29) is 0 Å². The summed E-state index contributed by atoms with van der Waals surface area (Å²) in [5.41, 5.74) is 8.56. The highest BCUT2D eigenvalue weighted by molar-refractivity contribution is 5.26. The Morgan fingerprint density at radius 3 is 2.74 bits per heavy atom. The maximum absolute atomic E-state index is 6.02. The van der Waals surface area contributed by atoms with E-state index in [1.165, 1.54) is 36.8 Å². The lowest BCUT2D eigenvalue weighted by atomic mass is 10.0. The van der Waals surface area contributed by atoms with Crippen molar-refractivity contribution in [2.45, 2.75) is 44.4 Å². The molecule has 1 aromatic rings. The molecule has 106 valence electrons. The van der Waals surface area contributed by atoms with E-state index in [1.54, 1.807) is 7.11 Å². The van der Waals surface area contributed by atoms with Gasteiger partial charge in [0, 0.05) is 25.7 Å². The van der Waals surface area contributed by atoms with Crippen LogP contribution in [0.15, 0.2) is 24.3 Å². The van der Waals surface area contributed by atoms with Gasteiger partial charge in [-0.2, -0.15) is 0 Å². The van der Waals surface area contributed by atoms with Gasteiger partial charge in [0.1, 0.15) is 0 Å². The molecule has 3 nitrogen and oxygen atoms in total. The molecular formula is C16H26N2O. The highest BCUT2D eigenvalue weighted by atomic mass is 16.5. The monoisotopic (exact) mass is 262 g/mol. The predicted octanol–water partition coefficient (Wildman–Crippen LogP) is 2.71. The molecule has 2 rings (SSSR count). The van der Waals surface area contributed by atoms with Crippen LogP contribution < -0.4 is 5.73 Å². The zero-order chi connectivity index (χ0) is 13.7. The summed E-state index contributed by atoms with van der Waals surface area (Å²) < 4.78 is 5.21. The van der Waals surface area contributed by atoms with Gasteiger partial charge in [0.2, 0.25) is 0 Å². The quantitative estimate of drug-likeness (QED) is 0.856. The van der Waals surface area contributed by atoms with Crippen LogP contribution in [-0.2, 0) is 11.3 Å². The lowest BCUT2D eigenvalue weighted by Crippen LogP contribution is -2.37. The Balaban J connectivity index is 2.13. The minimum absolute atomic E-state index is 0.319. The van der Waals surface area contributed by atoms with Crippen LogP contribution in [0.2, 0.25) is 0 Å². The molecule has 0 aliphatic heterocycles. The minimum Gasteiger partial charge on any atom is -0.380 e. The van der Waals surface area contributed by atoms with Gasteiger partial charge in [0.05, 0.1) is 6.61 Å². The third-order valence-electron chi connectivity index (χ3n) is 4.26. The number of hydrogen-bond donors (Lipinski definition) is 1. The number of hydrogen-bond acceptors (Lipinski definition) is 3. The average molecular weight is 262 g/mol. The van der Waals surface area contributed by atoms with Crippen molar-refractivity contribution in [1.82, 2.24) is 4.90 Å². The Morgan fingerprint density at radius 1 is 1.37 bits per heavy atom. The number of methoxy groups -OCH3 is 1. The van der Waals surface area contributed by atoms with Gasteiger partial charge in [-0.1, -0.05) is 37.1 Å². The first-order valence-electron chi connectivity index (χ1n) is 7.26. The lowest BCUT2D eigenvalue weighted by molar-refractivity contribution is 0.177. The summed E-state index contributed by atoms with van der Waals surface area (Å²) in [6.45, 7) is 1.34. The molecule has 1 fully saturated rings. The van der Waals surface area contributed by atoms with E-state index in [2.05, 4.69) is 36.2 Å². The van der Waals surface area contributed by atoms with Gasteiger partial charge < -0.3 is 10.5 Å². The second-order valence-electron chi connectivity index (χ2n) is 5.53. The number of ether oxygens (including phenoxy) is 1. The SMILES string of the molecule is COCc1cccc(C(CN)N(C)C2CCCC2)c1. The fraction of sp³-hybridized carbons (Fsp3) is 0.625. The summed E-state index contributed by atoms with van der Waals surface area (Å²) in [6.07, 6.45) is 5.33. The fourth-order valence-corrected chi connectivity index (χ4v) is 3.16. The highest BCUT2D eigenvalue weighted by Gasteiger charge is 2.25. The van der Waals surface area contributed by atoms with Gasteiger partial charge in [-0.25, -0.2) is 0 Å². The number of likely N-dealkylation sites (N-methyl/N-ethyl adjacent to an activating group) is 1. The third kappa shape index (κ3) is 3.56. The highest BCUT2D eigenvalue weighted by Crippen LogP contribution is 2.29. The summed E-state index contributed by atoms with van der Waals surface area (Å²) in [7, 11) is 3.95. The normalized spacial score (nSPS) is 18.1. The molecule has 1 aliphatic rings. The lowest BCUT2D eigenvalue weighted by Gasteiger charge is -2.32. The van der Waals surface area contributed by atoms with Crippen molar-refractivity contribution in [2.24, 2.45) is 5.73 Å². The summed E-state index contributed by atoms with van der Waals surface area (Å²) in [6, 6.07) is 9.64. The van der Waals surface area contributed by atoms with Gasteiger partial charge in [0.25, 0.3) is 0 Å². The van der Waals surface area contributed by atoms with Crippen LogP contribution in [0.1, 0.15) is 42.9 Å². The molecule has 0 saturated heterocycles. The number of benzene rings is 1. The smallest absolute Gasteiger partial charge is 0.0713 e. The van der Waals surface area contributed by atoms with Crippen LogP contribution >= 0.6 is 0 Å². The van der Waals surface area contributed by atoms with Crippen molar-refractivity contribution in [3.63, 3.8) is 0 Å². The molecule has 3 heteroatoms. The van der Waals surface area contributed by atoms with Crippen LogP contribution in [0, 0.1) is 0 Å². The molecule has 0 heterocycles. The van der Waals surface area contributed by atoms with Gasteiger partial charge in [-0.3, -0.25) is 4.90 Å². The molecule has 1 saturated carbocycles. The van der Waals surface area contributed by atoms with Crippen molar-refractivity contribution in [1.29, 1.82) is 0 Å². The number of nitrogens with zero attached hydrogens (tertiary/aromatic N) is 1. The van der Waals surface area contributed by atoms with Gasteiger partial charge in [-0.05, 0) is 31.0 Å². The molecule has 2 N–H and O–H groups in total. The van der Waals surface area contributed by atoms with E-state index < -0.39 is 0 Å². The average Bonchev–Trinajstić information content (AvgIpc) is 2.94. The van der Waals surface area contributed by atoms with Crippen molar-refractivity contribution < 1.29 is 4.74 Å². The molecule has 1 unspecified atom stereocenters. The van der Waals surface area contributed by atoms with E-state index >= 15 is 0 Å². The zero-order valence-corrected chi connectivity index (χ0v) is 12.1. The molecule has 0 amide bonds. The Kier molecular flexibility index (Phi) is 5.37. The molecule has 19 heavy (non-hydrogen) atoms. The van der Waals surface area contributed by atoms with Crippen LogP contribution in [0.4, 0.5) is 0 Å². The molecule has 1 aromatic carbocycles. The molecule has 0 aromatic heterocycles. The predicted molar refractivity (Wildman–Crippen MR) is 79.0 cm³/mol. The van der Waals surface area contributed by atoms with Crippen molar-refractivity contribution in [3.05, 3.63) is 35.4 Å². The van der Waals surface area contributed by atoms with Crippen molar-refractivity contribution >= 4 is 0 Å². The molecule has 0 bridgehead atoms. The van der Waals surface area contributed by atoms with Crippen LogP contribution in [0.3, 0.4) is 0 Å². The standard InChI is InChI=1S/C16H26N2O/c1-18(15-8-3-4-9-15)16(11-17)14-7-5-6-13(10-14)12-19-2/h5-7,10,15-16H,3-4,8-9,11-12,17H2,1-2H3. The van der Waals surface area contributed by atoms with E-state index in [4.69, 9.17) is 10.5 Å². The molecular weight excluding hydrogens is 236 g/mol.